The fraction of sp³-hybridized carbons (Fsp3) is 0.364. The first-order valence-electron chi connectivity index (χ1n) is 5.19. The third-order valence-corrected chi connectivity index (χ3v) is 2.79. The Bertz CT molecular complexity index is 368. The van der Waals surface area contributed by atoms with E-state index in [9.17, 15) is 4.79 Å². The van der Waals surface area contributed by atoms with E-state index in [1.54, 1.807) is 6.07 Å². The van der Waals surface area contributed by atoms with Crippen molar-refractivity contribution in [2.45, 2.75) is 6.92 Å². The molecule has 0 aromatic heterocycles. The molecule has 0 saturated carbocycles. The number of carbonyl (C=O) groups is 1. The zero-order valence-electron chi connectivity index (χ0n) is 9.22. The molecular weight excluding hydrogens is 270 g/mol. The number of carbonyl (C=O) groups excluding carboxylic acids is 1. The van der Waals surface area contributed by atoms with Crippen LogP contribution >= 0.6 is 15.9 Å². The van der Waals surface area contributed by atoms with Gasteiger partial charge in [-0.25, -0.2) is 0 Å². The van der Waals surface area contributed by atoms with E-state index in [1.807, 2.05) is 19.1 Å². The first-order valence-corrected chi connectivity index (χ1v) is 5.99. The predicted molar refractivity (Wildman–Crippen MR) is 69.7 cm³/mol. The lowest BCUT2D eigenvalue weighted by atomic mass is 10.1. The van der Waals surface area contributed by atoms with Gasteiger partial charge in [0.05, 0.1) is 5.56 Å². The minimum atomic E-state index is -0.432. The zero-order valence-corrected chi connectivity index (χ0v) is 10.8. The number of primary amides is 1. The highest BCUT2D eigenvalue weighted by Crippen LogP contribution is 2.23. The topological polar surface area (TPSA) is 67.2 Å². The standard InChI is InChI=1S/C11H16BrN3O/c1-2-14-6-7-15-9-5-3-4-8(12)10(9)11(13)16/h3-5,14-15H,2,6-7H2,1H3,(H2,13,16). The van der Waals surface area contributed by atoms with E-state index in [0.717, 1.165) is 25.3 Å². The van der Waals surface area contributed by atoms with Crippen LogP contribution in [0.4, 0.5) is 5.69 Å². The lowest BCUT2D eigenvalue weighted by Gasteiger charge is -2.11. The summed E-state index contributed by atoms with van der Waals surface area (Å²) in [6, 6.07) is 5.51. The van der Waals surface area contributed by atoms with Crippen molar-refractivity contribution in [2.75, 3.05) is 25.0 Å². The number of hydrogen-bond acceptors (Lipinski definition) is 3. The summed E-state index contributed by atoms with van der Waals surface area (Å²) in [4.78, 5) is 11.3. The van der Waals surface area contributed by atoms with E-state index in [-0.39, 0.29) is 0 Å². The molecule has 0 saturated heterocycles. The van der Waals surface area contributed by atoms with Crippen molar-refractivity contribution in [2.24, 2.45) is 5.73 Å². The Hall–Kier alpha value is -1.07. The maximum atomic E-state index is 11.3. The van der Waals surface area contributed by atoms with Crippen molar-refractivity contribution < 1.29 is 4.79 Å². The van der Waals surface area contributed by atoms with E-state index >= 15 is 0 Å². The molecule has 0 atom stereocenters. The van der Waals surface area contributed by atoms with Crippen molar-refractivity contribution in [3.05, 3.63) is 28.2 Å². The van der Waals surface area contributed by atoms with E-state index in [4.69, 9.17) is 5.73 Å². The number of nitrogens with one attached hydrogen (secondary N) is 2. The molecule has 1 rings (SSSR count). The summed E-state index contributed by atoms with van der Waals surface area (Å²) in [5, 5.41) is 6.37. The van der Waals surface area contributed by atoms with Gasteiger partial charge >= 0.3 is 0 Å². The molecule has 4 N–H and O–H groups in total. The highest BCUT2D eigenvalue weighted by Gasteiger charge is 2.11. The molecule has 0 unspecified atom stereocenters. The van der Waals surface area contributed by atoms with Crippen LogP contribution in [0.5, 0.6) is 0 Å². The number of rotatable bonds is 6. The number of amides is 1. The molecule has 0 radical (unpaired) electrons. The van der Waals surface area contributed by atoms with Gasteiger partial charge in [-0.3, -0.25) is 4.79 Å². The normalized spacial score (nSPS) is 10.1. The molecule has 0 fully saturated rings. The fourth-order valence-electron chi connectivity index (χ4n) is 1.38. The monoisotopic (exact) mass is 285 g/mol. The Labute approximate surface area is 104 Å². The SMILES string of the molecule is CCNCCNc1cccc(Br)c1C(N)=O. The van der Waals surface area contributed by atoms with Gasteiger partial charge in [0.25, 0.3) is 5.91 Å². The molecule has 1 aromatic rings. The van der Waals surface area contributed by atoms with Gasteiger partial charge in [-0.2, -0.15) is 0 Å². The number of likely N-dealkylation sites (N-methyl/N-ethyl adjacent to an activating group) is 1. The minimum absolute atomic E-state index is 0.432. The van der Waals surface area contributed by atoms with Crippen molar-refractivity contribution >= 4 is 27.5 Å². The number of benzene rings is 1. The van der Waals surface area contributed by atoms with Gasteiger partial charge in [0.15, 0.2) is 0 Å². The molecule has 5 heteroatoms. The van der Waals surface area contributed by atoms with Crippen LogP contribution in [0.25, 0.3) is 0 Å². The summed E-state index contributed by atoms with van der Waals surface area (Å²) in [6.45, 7) is 4.59. The van der Waals surface area contributed by atoms with Gasteiger partial charge in [-0.05, 0) is 34.6 Å². The van der Waals surface area contributed by atoms with Gasteiger partial charge in [0.2, 0.25) is 0 Å². The number of hydrogen-bond donors (Lipinski definition) is 3. The minimum Gasteiger partial charge on any atom is -0.383 e. The smallest absolute Gasteiger partial charge is 0.251 e. The first-order chi connectivity index (χ1) is 7.66. The van der Waals surface area contributed by atoms with Crippen LogP contribution in [0.3, 0.4) is 0 Å². The zero-order chi connectivity index (χ0) is 12.0. The van der Waals surface area contributed by atoms with Crippen LogP contribution in [0.1, 0.15) is 17.3 Å². The molecule has 0 aliphatic heterocycles. The lowest BCUT2D eigenvalue weighted by Crippen LogP contribution is -2.23. The lowest BCUT2D eigenvalue weighted by molar-refractivity contribution is 0.100. The third-order valence-electron chi connectivity index (χ3n) is 2.13. The average molecular weight is 286 g/mol. The number of nitrogens with two attached hydrogens (primary N) is 1. The second-order valence-corrected chi connectivity index (χ2v) is 4.16. The van der Waals surface area contributed by atoms with E-state index in [0.29, 0.717) is 10.0 Å². The summed E-state index contributed by atoms with van der Waals surface area (Å²) in [5.41, 5.74) is 6.58. The van der Waals surface area contributed by atoms with Gasteiger partial charge in [0.1, 0.15) is 0 Å². The molecule has 4 nitrogen and oxygen atoms in total. The van der Waals surface area contributed by atoms with Crippen LogP contribution in [-0.4, -0.2) is 25.5 Å². The summed E-state index contributed by atoms with van der Waals surface area (Å²) in [6.07, 6.45) is 0. The van der Waals surface area contributed by atoms with Gasteiger partial charge in [-0.15, -0.1) is 0 Å². The molecule has 1 amide bonds. The average Bonchev–Trinajstić information content (AvgIpc) is 2.24. The fourth-order valence-corrected chi connectivity index (χ4v) is 1.95. The molecule has 0 heterocycles. The van der Waals surface area contributed by atoms with Gasteiger partial charge in [-0.1, -0.05) is 13.0 Å². The Balaban J connectivity index is 2.71. The predicted octanol–water partition coefficient (Wildman–Crippen LogP) is 1.57. The number of halogens is 1. The molecular formula is C11H16BrN3O. The summed E-state index contributed by atoms with van der Waals surface area (Å²) >= 11 is 3.31. The van der Waals surface area contributed by atoms with Crippen molar-refractivity contribution in [3.63, 3.8) is 0 Å². The highest BCUT2D eigenvalue weighted by atomic mass is 79.9. The Kier molecular flexibility index (Phi) is 5.28. The van der Waals surface area contributed by atoms with E-state index in [2.05, 4.69) is 26.6 Å². The van der Waals surface area contributed by atoms with E-state index in [1.165, 1.54) is 0 Å². The molecule has 0 bridgehead atoms. The molecule has 0 spiro atoms. The Morgan fingerprint density at radius 3 is 2.81 bits per heavy atom. The maximum absolute atomic E-state index is 11.3. The Morgan fingerprint density at radius 1 is 1.44 bits per heavy atom. The van der Waals surface area contributed by atoms with Crippen LogP contribution in [0.2, 0.25) is 0 Å². The van der Waals surface area contributed by atoms with E-state index < -0.39 is 5.91 Å². The maximum Gasteiger partial charge on any atom is 0.251 e. The molecule has 0 aliphatic carbocycles. The van der Waals surface area contributed by atoms with Crippen LogP contribution in [0.15, 0.2) is 22.7 Å². The second kappa shape index (κ2) is 6.50. The third kappa shape index (κ3) is 3.50. The number of anilines is 1. The van der Waals surface area contributed by atoms with Crippen LogP contribution in [0, 0.1) is 0 Å². The quantitative estimate of drug-likeness (QED) is 0.695. The summed E-state index contributed by atoms with van der Waals surface area (Å²) < 4.78 is 0.716. The van der Waals surface area contributed by atoms with Gasteiger partial charge in [0, 0.05) is 23.2 Å². The van der Waals surface area contributed by atoms with Crippen molar-refractivity contribution in [1.82, 2.24) is 5.32 Å². The second-order valence-electron chi connectivity index (χ2n) is 3.31. The molecule has 0 aliphatic rings. The summed E-state index contributed by atoms with van der Waals surface area (Å²) in [7, 11) is 0. The highest BCUT2D eigenvalue weighted by molar-refractivity contribution is 9.10. The molecule has 16 heavy (non-hydrogen) atoms. The summed E-state index contributed by atoms with van der Waals surface area (Å²) in [5.74, 6) is -0.432. The largest absolute Gasteiger partial charge is 0.383 e. The van der Waals surface area contributed by atoms with Gasteiger partial charge < -0.3 is 16.4 Å². The Morgan fingerprint density at radius 2 is 2.19 bits per heavy atom. The van der Waals surface area contributed by atoms with Crippen molar-refractivity contribution in [3.8, 4) is 0 Å². The first kappa shape index (κ1) is 13.0. The van der Waals surface area contributed by atoms with Crippen LogP contribution in [-0.2, 0) is 0 Å². The molecule has 1 aromatic carbocycles. The molecule has 88 valence electrons. The van der Waals surface area contributed by atoms with Crippen molar-refractivity contribution in [1.29, 1.82) is 0 Å². The van der Waals surface area contributed by atoms with Crippen LogP contribution < -0.4 is 16.4 Å².